The SMILES string of the molecule is CCc1ccc2cncn2n1. The molecule has 0 aliphatic rings. The Balaban J connectivity index is 2.67. The summed E-state index contributed by atoms with van der Waals surface area (Å²) in [7, 11) is 0. The molecule has 0 radical (unpaired) electrons. The maximum atomic E-state index is 4.31. The van der Waals surface area contributed by atoms with Crippen molar-refractivity contribution in [3.63, 3.8) is 0 Å². The normalized spacial score (nSPS) is 10.6. The lowest BCUT2D eigenvalue weighted by molar-refractivity contribution is 0.857. The van der Waals surface area contributed by atoms with Crippen LogP contribution in [-0.4, -0.2) is 14.6 Å². The summed E-state index contributed by atoms with van der Waals surface area (Å²) in [6.45, 7) is 2.09. The molecule has 0 unspecified atom stereocenters. The van der Waals surface area contributed by atoms with Crippen molar-refractivity contribution in [3.8, 4) is 0 Å². The first kappa shape index (κ1) is 6.34. The Morgan fingerprint density at radius 3 is 3.18 bits per heavy atom. The minimum atomic E-state index is 0.966. The van der Waals surface area contributed by atoms with Gasteiger partial charge in [0.15, 0.2) is 0 Å². The Morgan fingerprint density at radius 2 is 2.36 bits per heavy atom. The molecular formula is C8H9N3. The van der Waals surface area contributed by atoms with E-state index in [1.165, 1.54) is 0 Å². The van der Waals surface area contributed by atoms with Gasteiger partial charge in [0.2, 0.25) is 0 Å². The summed E-state index contributed by atoms with van der Waals surface area (Å²) >= 11 is 0. The second-order valence-electron chi connectivity index (χ2n) is 2.44. The number of imidazole rings is 1. The van der Waals surface area contributed by atoms with E-state index in [0.29, 0.717) is 0 Å². The van der Waals surface area contributed by atoms with Crippen LogP contribution in [0.5, 0.6) is 0 Å². The molecule has 2 rings (SSSR count). The van der Waals surface area contributed by atoms with E-state index in [1.54, 1.807) is 17.0 Å². The number of aromatic nitrogens is 3. The molecule has 0 saturated carbocycles. The van der Waals surface area contributed by atoms with Crippen molar-refractivity contribution < 1.29 is 0 Å². The van der Waals surface area contributed by atoms with E-state index in [0.717, 1.165) is 17.6 Å². The predicted octanol–water partition coefficient (Wildman–Crippen LogP) is 1.29. The van der Waals surface area contributed by atoms with E-state index in [9.17, 15) is 0 Å². The highest BCUT2D eigenvalue weighted by Crippen LogP contribution is 2.01. The van der Waals surface area contributed by atoms with Gasteiger partial charge in [-0.3, -0.25) is 0 Å². The Bertz CT molecular complexity index is 364. The molecule has 2 aromatic rings. The Hall–Kier alpha value is -1.38. The van der Waals surface area contributed by atoms with Gasteiger partial charge in [-0.05, 0) is 18.6 Å². The number of fused-ring (bicyclic) bond motifs is 1. The van der Waals surface area contributed by atoms with Gasteiger partial charge in [0.1, 0.15) is 6.33 Å². The van der Waals surface area contributed by atoms with Crippen molar-refractivity contribution in [2.24, 2.45) is 0 Å². The quantitative estimate of drug-likeness (QED) is 0.608. The van der Waals surface area contributed by atoms with Crippen molar-refractivity contribution in [1.29, 1.82) is 0 Å². The van der Waals surface area contributed by atoms with Crippen LogP contribution in [0.3, 0.4) is 0 Å². The first-order chi connectivity index (χ1) is 5.40. The van der Waals surface area contributed by atoms with Crippen LogP contribution < -0.4 is 0 Å². The fourth-order valence-electron chi connectivity index (χ4n) is 1.04. The molecular weight excluding hydrogens is 138 g/mol. The second kappa shape index (κ2) is 2.34. The van der Waals surface area contributed by atoms with Crippen molar-refractivity contribution in [1.82, 2.24) is 14.6 Å². The smallest absolute Gasteiger partial charge is 0.117 e. The highest BCUT2D eigenvalue weighted by Gasteiger charge is 1.94. The monoisotopic (exact) mass is 147 g/mol. The summed E-state index contributed by atoms with van der Waals surface area (Å²) in [5.74, 6) is 0. The second-order valence-corrected chi connectivity index (χ2v) is 2.44. The summed E-state index contributed by atoms with van der Waals surface area (Å²) in [5.41, 5.74) is 2.14. The van der Waals surface area contributed by atoms with Crippen molar-refractivity contribution in [3.05, 3.63) is 30.4 Å². The molecule has 3 heteroatoms. The van der Waals surface area contributed by atoms with Gasteiger partial charge >= 0.3 is 0 Å². The Morgan fingerprint density at radius 1 is 1.45 bits per heavy atom. The number of aryl methyl sites for hydroxylation is 1. The first-order valence-corrected chi connectivity index (χ1v) is 3.68. The third-order valence-corrected chi connectivity index (χ3v) is 1.69. The molecule has 0 fully saturated rings. The third-order valence-electron chi connectivity index (χ3n) is 1.69. The molecule has 2 aromatic heterocycles. The van der Waals surface area contributed by atoms with Gasteiger partial charge in [-0.25, -0.2) is 9.50 Å². The van der Waals surface area contributed by atoms with E-state index < -0.39 is 0 Å². The zero-order valence-electron chi connectivity index (χ0n) is 6.36. The van der Waals surface area contributed by atoms with Crippen LogP contribution >= 0.6 is 0 Å². The topological polar surface area (TPSA) is 30.2 Å². The average Bonchev–Trinajstić information content (AvgIpc) is 2.50. The summed E-state index contributed by atoms with van der Waals surface area (Å²) in [6, 6.07) is 4.05. The maximum absolute atomic E-state index is 4.31. The molecule has 0 bridgehead atoms. The van der Waals surface area contributed by atoms with Crippen LogP contribution in [0.15, 0.2) is 24.7 Å². The summed E-state index contributed by atoms with van der Waals surface area (Å²) in [5, 5.41) is 4.31. The average molecular weight is 147 g/mol. The minimum absolute atomic E-state index is 0.966. The molecule has 0 aromatic carbocycles. The van der Waals surface area contributed by atoms with Crippen molar-refractivity contribution in [2.45, 2.75) is 13.3 Å². The fraction of sp³-hybridized carbons (Fsp3) is 0.250. The molecule has 0 aliphatic heterocycles. The standard InChI is InChI=1S/C8H9N3/c1-2-7-3-4-8-5-9-6-11(8)10-7/h3-6H,2H2,1H3. The van der Waals surface area contributed by atoms with Crippen molar-refractivity contribution in [2.75, 3.05) is 0 Å². The lowest BCUT2D eigenvalue weighted by atomic mass is 10.3. The van der Waals surface area contributed by atoms with Crippen LogP contribution in [0.4, 0.5) is 0 Å². The van der Waals surface area contributed by atoms with Gasteiger partial charge < -0.3 is 0 Å². The summed E-state index contributed by atoms with van der Waals surface area (Å²) in [6.07, 6.45) is 4.48. The minimum Gasteiger partial charge on any atom is -0.243 e. The molecule has 0 N–H and O–H groups in total. The molecule has 11 heavy (non-hydrogen) atoms. The van der Waals surface area contributed by atoms with Crippen LogP contribution in [0, 0.1) is 0 Å². The van der Waals surface area contributed by atoms with Gasteiger partial charge in [-0.2, -0.15) is 5.10 Å². The van der Waals surface area contributed by atoms with Gasteiger partial charge in [-0.1, -0.05) is 6.92 Å². The summed E-state index contributed by atoms with van der Waals surface area (Å²) in [4.78, 5) is 3.98. The number of hydrogen-bond acceptors (Lipinski definition) is 2. The third kappa shape index (κ3) is 0.981. The number of rotatable bonds is 1. The predicted molar refractivity (Wildman–Crippen MR) is 42.4 cm³/mol. The van der Waals surface area contributed by atoms with Gasteiger partial charge in [-0.15, -0.1) is 0 Å². The lowest BCUT2D eigenvalue weighted by Gasteiger charge is -1.95. The zero-order valence-corrected chi connectivity index (χ0v) is 6.36. The van der Waals surface area contributed by atoms with Gasteiger partial charge in [0, 0.05) is 0 Å². The highest BCUT2D eigenvalue weighted by atomic mass is 15.2. The maximum Gasteiger partial charge on any atom is 0.117 e. The molecule has 0 spiro atoms. The van der Waals surface area contributed by atoms with E-state index in [4.69, 9.17) is 0 Å². The van der Waals surface area contributed by atoms with Crippen LogP contribution in [0.2, 0.25) is 0 Å². The van der Waals surface area contributed by atoms with Gasteiger partial charge in [0.05, 0.1) is 17.4 Å². The van der Waals surface area contributed by atoms with Crippen LogP contribution in [0.25, 0.3) is 5.52 Å². The van der Waals surface area contributed by atoms with Crippen molar-refractivity contribution >= 4 is 5.52 Å². The molecule has 0 atom stereocenters. The van der Waals surface area contributed by atoms with E-state index in [-0.39, 0.29) is 0 Å². The molecule has 0 saturated heterocycles. The highest BCUT2D eigenvalue weighted by molar-refractivity contribution is 5.42. The molecule has 56 valence electrons. The Kier molecular flexibility index (Phi) is 1.35. The zero-order chi connectivity index (χ0) is 7.68. The van der Waals surface area contributed by atoms with Crippen LogP contribution in [-0.2, 0) is 6.42 Å². The molecule has 0 aliphatic carbocycles. The lowest BCUT2D eigenvalue weighted by Crippen LogP contribution is -1.94. The Labute approximate surface area is 64.7 Å². The largest absolute Gasteiger partial charge is 0.243 e. The summed E-state index contributed by atoms with van der Waals surface area (Å²) < 4.78 is 1.79. The number of hydrogen-bond donors (Lipinski definition) is 0. The van der Waals surface area contributed by atoms with E-state index >= 15 is 0 Å². The molecule has 0 amide bonds. The number of nitrogens with zero attached hydrogens (tertiary/aromatic N) is 3. The van der Waals surface area contributed by atoms with Crippen LogP contribution in [0.1, 0.15) is 12.6 Å². The first-order valence-electron chi connectivity index (χ1n) is 3.68. The van der Waals surface area contributed by atoms with E-state index in [1.807, 2.05) is 12.1 Å². The van der Waals surface area contributed by atoms with E-state index in [2.05, 4.69) is 17.0 Å². The molecule has 3 nitrogen and oxygen atoms in total. The molecule has 2 heterocycles. The fourth-order valence-corrected chi connectivity index (χ4v) is 1.04. The van der Waals surface area contributed by atoms with Gasteiger partial charge in [0.25, 0.3) is 0 Å².